The topological polar surface area (TPSA) is 144 Å². The highest BCUT2D eigenvalue weighted by atomic mass is 19.4. The second-order valence-corrected chi connectivity index (χ2v) is 9.48. The van der Waals surface area contributed by atoms with Gasteiger partial charge < -0.3 is 15.7 Å². The number of aromatic nitrogens is 5. The van der Waals surface area contributed by atoms with E-state index in [0.717, 1.165) is 16.8 Å². The maximum Gasteiger partial charge on any atom is 0.490 e. The molecule has 0 radical (unpaired) electrons. The Hall–Kier alpha value is -5.79. The van der Waals surface area contributed by atoms with Crippen LogP contribution in [0.25, 0.3) is 11.4 Å². The molecule has 0 aliphatic heterocycles. The van der Waals surface area contributed by atoms with Gasteiger partial charge in [-0.3, -0.25) is 9.59 Å². The molecule has 0 aliphatic rings. The monoisotopic (exact) mass is 605 g/mol. The highest BCUT2D eigenvalue weighted by molar-refractivity contribution is 6.04. The number of aryl methyl sites for hydroxylation is 2. The molecule has 14 heteroatoms. The molecule has 0 atom stereocenters. The van der Waals surface area contributed by atoms with E-state index in [2.05, 4.69) is 25.8 Å². The van der Waals surface area contributed by atoms with Crippen molar-refractivity contribution in [2.75, 3.05) is 10.6 Å². The van der Waals surface area contributed by atoms with Crippen LogP contribution in [0.1, 0.15) is 27.3 Å². The van der Waals surface area contributed by atoms with Crippen molar-refractivity contribution in [2.24, 2.45) is 0 Å². The highest BCUT2D eigenvalue weighted by Crippen LogP contribution is 2.17. The Labute approximate surface area is 249 Å². The molecule has 5 rings (SSSR count). The quantitative estimate of drug-likeness (QED) is 0.233. The van der Waals surface area contributed by atoms with E-state index in [-0.39, 0.29) is 18.2 Å². The van der Waals surface area contributed by atoms with Gasteiger partial charge in [-0.25, -0.2) is 19.1 Å². The van der Waals surface area contributed by atoms with E-state index in [1.165, 1.54) is 0 Å². The molecule has 44 heavy (non-hydrogen) atoms. The predicted molar refractivity (Wildman–Crippen MR) is 155 cm³/mol. The Kier molecular flexibility index (Phi) is 9.53. The smallest absolute Gasteiger partial charge is 0.475 e. The zero-order valence-corrected chi connectivity index (χ0v) is 23.4. The van der Waals surface area contributed by atoms with E-state index in [1.54, 1.807) is 46.3 Å². The number of carboxylic acid groups (broad SMARTS) is 1. The SMILES string of the molecule is Cc1cccc(CC(=O)Nc2cnn(-c3cccc(C(=O)Nc4ccc(-n5cnc(C)n5)cc4)c3)c2)c1.O=C(O)C(F)(F)F. The van der Waals surface area contributed by atoms with Crippen molar-refractivity contribution in [3.63, 3.8) is 0 Å². The van der Waals surface area contributed by atoms with Gasteiger partial charge in [0.25, 0.3) is 5.91 Å². The molecule has 5 aromatic rings. The van der Waals surface area contributed by atoms with Crippen molar-refractivity contribution < 1.29 is 32.7 Å². The summed E-state index contributed by atoms with van der Waals surface area (Å²) in [6, 6.07) is 22.3. The van der Waals surface area contributed by atoms with Crippen LogP contribution in [0.5, 0.6) is 0 Å². The minimum atomic E-state index is -5.08. The van der Waals surface area contributed by atoms with E-state index in [9.17, 15) is 22.8 Å². The van der Waals surface area contributed by atoms with Crippen LogP contribution in [0.2, 0.25) is 0 Å². The maximum atomic E-state index is 12.9. The van der Waals surface area contributed by atoms with Gasteiger partial charge in [-0.05, 0) is 61.9 Å². The van der Waals surface area contributed by atoms with Crippen LogP contribution in [0.15, 0.2) is 91.5 Å². The lowest BCUT2D eigenvalue weighted by Gasteiger charge is -2.08. The first-order valence-electron chi connectivity index (χ1n) is 13.0. The van der Waals surface area contributed by atoms with Gasteiger partial charge in [-0.1, -0.05) is 35.9 Å². The molecular weight excluding hydrogens is 579 g/mol. The van der Waals surface area contributed by atoms with Gasteiger partial charge in [0.1, 0.15) is 12.2 Å². The number of alkyl halides is 3. The van der Waals surface area contributed by atoms with Gasteiger partial charge in [-0.2, -0.15) is 23.4 Å². The summed E-state index contributed by atoms with van der Waals surface area (Å²) >= 11 is 0. The number of carbonyl (C=O) groups is 3. The minimum Gasteiger partial charge on any atom is -0.475 e. The fourth-order valence-corrected chi connectivity index (χ4v) is 3.90. The normalized spacial score (nSPS) is 10.8. The molecule has 2 aromatic heterocycles. The lowest BCUT2D eigenvalue weighted by molar-refractivity contribution is -0.192. The van der Waals surface area contributed by atoms with Gasteiger partial charge in [0, 0.05) is 11.3 Å². The Bertz CT molecular complexity index is 1780. The summed E-state index contributed by atoms with van der Waals surface area (Å²) in [5.41, 5.74) is 5.33. The summed E-state index contributed by atoms with van der Waals surface area (Å²) in [5, 5.41) is 21.5. The first-order chi connectivity index (χ1) is 20.9. The number of hydrogen-bond donors (Lipinski definition) is 3. The third kappa shape index (κ3) is 8.61. The van der Waals surface area contributed by atoms with Gasteiger partial charge in [0.15, 0.2) is 0 Å². The molecule has 3 aromatic carbocycles. The van der Waals surface area contributed by atoms with E-state index in [1.807, 2.05) is 68.4 Å². The van der Waals surface area contributed by atoms with Crippen molar-refractivity contribution in [1.29, 1.82) is 0 Å². The average molecular weight is 606 g/mol. The number of rotatable bonds is 7. The zero-order chi connectivity index (χ0) is 31.9. The predicted octanol–water partition coefficient (Wildman–Crippen LogP) is 5.14. The van der Waals surface area contributed by atoms with Crippen molar-refractivity contribution in [3.8, 4) is 11.4 Å². The summed E-state index contributed by atoms with van der Waals surface area (Å²) in [4.78, 5) is 38.4. The number of hydrogen-bond acceptors (Lipinski definition) is 6. The first kappa shape index (κ1) is 31.2. The van der Waals surface area contributed by atoms with Gasteiger partial charge in [0.2, 0.25) is 5.91 Å². The van der Waals surface area contributed by atoms with Crippen molar-refractivity contribution in [3.05, 3.63) is 114 Å². The van der Waals surface area contributed by atoms with Crippen molar-refractivity contribution in [2.45, 2.75) is 26.4 Å². The standard InChI is InChI=1S/C28H25N7O2.C2HF3O2/c1-19-5-3-6-21(13-19)14-27(36)31-24-16-30-34(17-24)26-8-4-7-22(15-26)28(37)32-23-9-11-25(12-10-23)35-18-29-20(2)33-35;3-2(4,5)1(6)7/h3-13,15-18H,14H2,1-2H3,(H,31,36)(H,32,37);(H,6,7). The van der Waals surface area contributed by atoms with Crippen LogP contribution in [0.3, 0.4) is 0 Å². The van der Waals surface area contributed by atoms with E-state index >= 15 is 0 Å². The van der Waals surface area contributed by atoms with Gasteiger partial charge in [0.05, 0.1) is 35.9 Å². The number of amides is 2. The van der Waals surface area contributed by atoms with Crippen molar-refractivity contribution in [1.82, 2.24) is 24.5 Å². The molecule has 11 nitrogen and oxygen atoms in total. The molecule has 226 valence electrons. The molecule has 0 bridgehead atoms. The Balaban J connectivity index is 0.000000566. The lowest BCUT2D eigenvalue weighted by Crippen LogP contribution is -2.21. The van der Waals surface area contributed by atoms with Gasteiger partial charge in [-0.15, -0.1) is 0 Å². The summed E-state index contributed by atoms with van der Waals surface area (Å²) in [7, 11) is 0. The highest BCUT2D eigenvalue weighted by Gasteiger charge is 2.38. The Morgan fingerprint density at radius 1 is 0.864 bits per heavy atom. The molecule has 0 fully saturated rings. The molecule has 0 aliphatic carbocycles. The Morgan fingerprint density at radius 2 is 1.57 bits per heavy atom. The second-order valence-electron chi connectivity index (χ2n) is 9.48. The third-order valence-corrected chi connectivity index (χ3v) is 5.93. The molecule has 0 spiro atoms. The second kappa shape index (κ2) is 13.5. The number of carboxylic acids is 1. The average Bonchev–Trinajstić information content (AvgIpc) is 3.62. The lowest BCUT2D eigenvalue weighted by atomic mass is 10.1. The van der Waals surface area contributed by atoms with Crippen LogP contribution in [-0.2, 0) is 16.0 Å². The number of halogens is 3. The van der Waals surface area contributed by atoms with Crippen LogP contribution < -0.4 is 10.6 Å². The summed E-state index contributed by atoms with van der Waals surface area (Å²) in [5.74, 6) is -2.44. The minimum absolute atomic E-state index is 0.122. The summed E-state index contributed by atoms with van der Waals surface area (Å²) < 4.78 is 35.0. The number of carbonyl (C=O) groups excluding carboxylic acids is 2. The molecule has 0 saturated heterocycles. The molecule has 0 unspecified atom stereocenters. The van der Waals surface area contributed by atoms with E-state index in [4.69, 9.17) is 9.90 Å². The first-order valence-corrected chi connectivity index (χ1v) is 13.0. The fraction of sp³-hybridized carbons (Fsp3) is 0.133. The molecular formula is C30H26F3N7O4. The molecule has 2 amide bonds. The number of aliphatic carboxylic acids is 1. The summed E-state index contributed by atoms with van der Waals surface area (Å²) in [6.07, 6.45) is 0.140. The maximum absolute atomic E-state index is 12.9. The number of benzene rings is 3. The fourth-order valence-electron chi connectivity index (χ4n) is 3.90. The Morgan fingerprint density at radius 3 is 2.20 bits per heavy atom. The van der Waals surface area contributed by atoms with Gasteiger partial charge >= 0.3 is 12.1 Å². The summed E-state index contributed by atoms with van der Waals surface area (Å²) in [6.45, 7) is 3.82. The van der Waals surface area contributed by atoms with Crippen molar-refractivity contribution >= 4 is 29.2 Å². The van der Waals surface area contributed by atoms with Crippen LogP contribution in [-0.4, -0.2) is 53.6 Å². The largest absolute Gasteiger partial charge is 0.490 e. The third-order valence-electron chi connectivity index (χ3n) is 5.93. The molecule has 2 heterocycles. The van der Waals surface area contributed by atoms with E-state index < -0.39 is 12.1 Å². The zero-order valence-electron chi connectivity index (χ0n) is 23.4. The van der Waals surface area contributed by atoms with E-state index in [0.29, 0.717) is 28.5 Å². The number of nitrogens with zero attached hydrogens (tertiary/aromatic N) is 5. The van der Waals surface area contributed by atoms with Crippen LogP contribution in [0, 0.1) is 13.8 Å². The van der Waals surface area contributed by atoms with Crippen LogP contribution >= 0.6 is 0 Å². The number of nitrogens with one attached hydrogen (secondary N) is 2. The van der Waals surface area contributed by atoms with Crippen LogP contribution in [0.4, 0.5) is 24.5 Å². The molecule has 3 N–H and O–H groups in total. The number of anilines is 2. The molecule has 0 saturated carbocycles.